The molecule has 0 radical (unpaired) electrons. The van der Waals surface area contributed by atoms with Gasteiger partial charge >= 0.3 is 6.09 Å². The van der Waals surface area contributed by atoms with Gasteiger partial charge in [0, 0.05) is 18.7 Å². The summed E-state index contributed by atoms with van der Waals surface area (Å²) in [5.74, 6) is 0. The fraction of sp³-hybridized carbons (Fsp3) is 0.300. The summed E-state index contributed by atoms with van der Waals surface area (Å²) < 4.78 is 0. The standard InChI is InChI=1S/C10H13N3O4/c1-2-7-12(10(14)15)11-8-3-5-9(6-4-8)13(16)17/h3-6,11H,2,7H2,1H3,(H,14,15). The van der Waals surface area contributed by atoms with E-state index in [2.05, 4.69) is 5.43 Å². The van der Waals surface area contributed by atoms with Crippen molar-refractivity contribution in [3.05, 3.63) is 34.4 Å². The van der Waals surface area contributed by atoms with Crippen LogP contribution in [-0.4, -0.2) is 27.7 Å². The molecule has 0 unspecified atom stereocenters. The largest absolute Gasteiger partial charge is 0.464 e. The topological polar surface area (TPSA) is 95.7 Å². The summed E-state index contributed by atoms with van der Waals surface area (Å²) in [4.78, 5) is 20.7. The Bertz CT molecular complexity index is 405. The van der Waals surface area contributed by atoms with E-state index in [-0.39, 0.29) is 5.69 Å². The van der Waals surface area contributed by atoms with E-state index in [1.807, 2.05) is 6.92 Å². The molecule has 0 aliphatic carbocycles. The summed E-state index contributed by atoms with van der Waals surface area (Å²) in [6.45, 7) is 2.19. The lowest BCUT2D eigenvalue weighted by Crippen LogP contribution is -2.35. The molecule has 1 amide bonds. The molecule has 2 N–H and O–H groups in total. The molecule has 0 atom stereocenters. The minimum absolute atomic E-state index is 0.0343. The van der Waals surface area contributed by atoms with Crippen LogP contribution in [0.3, 0.4) is 0 Å². The number of nitro groups is 1. The Hall–Kier alpha value is -2.31. The second-order valence-electron chi connectivity index (χ2n) is 3.35. The lowest BCUT2D eigenvalue weighted by molar-refractivity contribution is -0.384. The van der Waals surface area contributed by atoms with Gasteiger partial charge in [0.2, 0.25) is 0 Å². The second kappa shape index (κ2) is 5.69. The van der Waals surface area contributed by atoms with Crippen molar-refractivity contribution in [2.24, 2.45) is 0 Å². The highest BCUT2D eigenvalue weighted by Gasteiger charge is 2.11. The lowest BCUT2D eigenvalue weighted by atomic mass is 10.3. The quantitative estimate of drug-likeness (QED) is 0.607. The number of hydrogen-bond acceptors (Lipinski definition) is 4. The normalized spacial score (nSPS) is 9.71. The van der Waals surface area contributed by atoms with E-state index >= 15 is 0 Å². The summed E-state index contributed by atoms with van der Waals surface area (Å²) in [7, 11) is 0. The molecular weight excluding hydrogens is 226 g/mol. The SMILES string of the molecule is CCCN(Nc1ccc([N+](=O)[O-])cc1)C(=O)O. The molecule has 0 spiro atoms. The van der Waals surface area contributed by atoms with Crippen LogP contribution in [0.4, 0.5) is 16.2 Å². The number of hydrazine groups is 1. The van der Waals surface area contributed by atoms with Crippen LogP contribution in [0, 0.1) is 10.1 Å². The van der Waals surface area contributed by atoms with Crippen LogP contribution in [-0.2, 0) is 0 Å². The third kappa shape index (κ3) is 3.63. The van der Waals surface area contributed by atoms with Crippen LogP contribution >= 0.6 is 0 Å². The number of carboxylic acid groups (broad SMARTS) is 1. The highest BCUT2D eigenvalue weighted by molar-refractivity contribution is 5.67. The molecule has 0 saturated carbocycles. The number of carbonyl (C=O) groups is 1. The van der Waals surface area contributed by atoms with E-state index in [0.29, 0.717) is 18.7 Å². The number of anilines is 1. The van der Waals surface area contributed by atoms with Gasteiger partial charge in [-0.3, -0.25) is 15.5 Å². The summed E-state index contributed by atoms with van der Waals surface area (Å²) in [6.07, 6.45) is -0.420. The zero-order chi connectivity index (χ0) is 12.8. The Morgan fingerprint density at radius 3 is 2.47 bits per heavy atom. The third-order valence-corrected chi connectivity index (χ3v) is 2.02. The Balaban J connectivity index is 2.73. The first-order valence-electron chi connectivity index (χ1n) is 5.06. The van der Waals surface area contributed by atoms with Gasteiger partial charge in [-0.05, 0) is 18.6 Å². The number of hydrogen-bond donors (Lipinski definition) is 2. The minimum Gasteiger partial charge on any atom is -0.464 e. The van der Waals surface area contributed by atoms with Crippen molar-refractivity contribution in [2.75, 3.05) is 12.0 Å². The number of benzene rings is 1. The van der Waals surface area contributed by atoms with Crippen LogP contribution in [0.2, 0.25) is 0 Å². The minimum atomic E-state index is -1.09. The summed E-state index contributed by atoms with van der Waals surface area (Å²) >= 11 is 0. The van der Waals surface area contributed by atoms with Gasteiger partial charge in [-0.2, -0.15) is 0 Å². The maximum atomic E-state index is 10.8. The average Bonchev–Trinajstić information content (AvgIpc) is 2.29. The Morgan fingerprint density at radius 1 is 1.47 bits per heavy atom. The van der Waals surface area contributed by atoms with E-state index in [9.17, 15) is 14.9 Å². The van der Waals surface area contributed by atoms with E-state index in [0.717, 1.165) is 5.01 Å². The first kappa shape index (κ1) is 12.8. The molecule has 92 valence electrons. The molecule has 0 aliphatic rings. The highest BCUT2D eigenvalue weighted by atomic mass is 16.6. The van der Waals surface area contributed by atoms with Crippen LogP contribution in [0.25, 0.3) is 0 Å². The zero-order valence-electron chi connectivity index (χ0n) is 9.29. The van der Waals surface area contributed by atoms with Gasteiger partial charge < -0.3 is 5.11 Å². The van der Waals surface area contributed by atoms with Crippen molar-refractivity contribution >= 4 is 17.5 Å². The van der Waals surface area contributed by atoms with Crippen molar-refractivity contribution in [3.63, 3.8) is 0 Å². The maximum absolute atomic E-state index is 10.8. The Morgan fingerprint density at radius 2 is 2.06 bits per heavy atom. The summed E-state index contributed by atoms with van der Waals surface area (Å²) in [5.41, 5.74) is 3.11. The predicted molar refractivity (Wildman–Crippen MR) is 61.7 cm³/mol. The van der Waals surface area contributed by atoms with E-state index in [1.54, 1.807) is 0 Å². The monoisotopic (exact) mass is 239 g/mol. The molecule has 7 nitrogen and oxygen atoms in total. The van der Waals surface area contributed by atoms with E-state index in [4.69, 9.17) is 5.11 Å². The zero-order valence-corrected chi connectivity index (χ0v) is 9.29. The Kier molecular flexibility index (Phi) is 4.27. The number of nitrogens with zero attached hydrogens (tertiary/aromatic N) is 2. The molecule has 0 fully saturated rings. The van der Waals surface area contributed by atoms with E-state index < -0.39 is 11.0 Å². The molecule has 17 heavy (non-hydrogen) atoms. The number of nitro benzene ring substituents is 1. The molecule has 0 saturated heterocycles. The Labute approximate surface area is 97.8 Å². The fourth-order valence-electron chi connectivity index (χ4n) is 1.24. The first-order chi connectivity index (χ1) is 8.04. The van der Waals surface area contributed by atoms with Gasteiger partial charge in [-0.1, -0.05) is 6.92 Å². The number of nitrogens with one attached hydrogen (secondary N) is 1. The molecule has 1 aromatic rings. The molecule has 0 heterocycles. The van der Waals surface area contributed by atoms with Gasteiger partial charge in [0.1, 0.15) is 0 Å². The van der Waals surface area contributed by atoms with Gasteiger partial charge in [0.15, 0.2) is 0 Å². The second-order valence-corrected chi connectivity index (χ2v) is 3.35. The van der Waals surface area contributed by atoms with Crippen LogP contribution < -0.4 is 5.43 Å². The number of rotatable bonds is 5. The van der Waals surface area contributed by atoms with Crippen molar-refractivity contribution in [1.82, 2.24) is 5.01 Å². The molecule has 0 aliphatic heterocycles. The van der Waals surface area contributed by atoms with Crippen LogP contribution in [0.15, 0.2) is 24.3 Å². The summed E-state index contributed by atoms with van der Waals surface area (Å²) in [6, 6.07) is 5.55. The van der Waals surface area contributed by atoms with Gasteiger partial charge in [-0.25, -0.2) is 9.80 Å². The van der Waals surface area contributed by atoms with Crippen LogP contribution in [0.1, 0.15) is 13.3 Å². The third-order valence-electron chi connectivity index (χ3n) is 2.02. The van der Waals surface area contributed by atoms with E-state index in [1.165, 1.54) is 24.3 Å². The average molecular weight is 239 g/mol. The van der Waals surface area contributed by atoms with Crippen molar-refractivity contribution in [2.45, 2.75) is 13.3 Å². The molecule has 7 heteroatoms. The number of non-ortho nitro benzene ring substituents is 1. The van der Waals surface area contributed by atoms with Crippen molar-refractivity contribution < 1.29 is 14.8 Å². The molecule has 1 aromatic carbocycles. The van der Waals surface area contributed by atoms with Crippen molar-refractivity contribution in [1.29, 1.82) is 0 Å². The van der Waals surface area contributed by atoms with Gasteiger partial charge in [0.25, 0.3) is 5.69 Å². The molecule has 0 bridgehead atoms. The van der Waals surface area contributed by atoms with Crippen molar-refractivity contribution in [3.8, 4) is 0 Å². The van der Waals surface area contributed by atoms with Crippen LogP contribution in [0.5, 0.6) is 0 Å². The fourth-order valence-corrected chi connectivity index (χ4v) is 1.24. The summed E-state index contributed by atoms with van der Waals surface area (Å²) in [5, 5.41) is 20.3. The molecular formula is C10H13N3O4. The molecule has 0 aromatic heterocycles. The lowest BCUT2D eigenvalue weighted by Gasteiger charge is -2.20. The first-order valence-corrected chi connectivity index (χ1v) is 5.06. The molecule has 1 rings (SSSR count). The number of amides is 1. The van der Waals surface area contributed by atoms with Gasteiger partial charge in [0.05, 0.1) is 10.6 Å². The maximum Gasteiger partial charge on any atom is 0.426 e. The predicted octanol–water partition coefficient (Wildman–Crippen LogP) is 2.31. The smallest absolute Gasteiger partial charge is 0.426 e. The highest BCUT2D eigenvalue weighted by Crippen LogP contribution is 2.16. The van der Waals surface area contributed by atoms with Gasteiger partial charge in [-0.15, -0.1) is 0 Å².